The van der Waals surface area contributed by atoms with Gasteiger partial charge in [-0.2, -0.15) is 0 Å². The molecule has 0 saturated carbocycles. The molecular weight excluding hydrogens is 246 g/mol. The predicted octanol–water partition coefficient (Wildman–Crippen LogP) is 3.77. The van der Waals surface area contributed by atoms with Gasteiger partial charge in [0.2, 0.25) is 0 Å². The number of hydrogen-bond donors (Lipinski definition) is 0. The average Bonchev–Trinajstić information content (AvgIpc) is 2.90. The molecule has 94 valence electrons. The van der Waals surface area contributed by atoms with Gasteiger partial charge in [-0.1, -0.05) is 24.3 Å². The summed E-state index contributed by atoms with van der Waals surface area (Å²) in [6.07, 6.45) is -0.308. The van der Waals surface area contributed by atoms with Gasteiger partial charge in [0, 0.05) is 11.4 Å². The number of benzene rings is 1. The van der Waals surface area contributed by atoms with Crippen molar-refractivity contribution in [2.75, 3.05) is 6.54 Å². The summed E-state index contributed by atoms with van der Waals surface area (Å²) in [5, 5.41) is 2.01. The second kappa shape index (κ2) is 6.21. The average molecular weight is 261 g/mol. The number of carbonyl (C=O) groups excluding carboxylic acids is 1. The van der Waals surface area contributed by atoms with E-state index >= 15 is 0 Å². The molecule has 2 rings (SSSR count). The molecule has 0 spiro atoms. The minimum absolute atomic E-state index is 0.308. The van der Waals surface area contributed by atoms with Crippen LogP contribution in [0.25, 0.3) is 0 Å². The van der Waals surface area contributed by atoms with E-state index in [1.54, 1.807) is 28.4 Å². The molecule has 0 N–H and O–H groups in total. The van der Waals surface area contributed by atoms with Gasteiger partial charge in [0.25, 0.3) is 0 Å². The topological polar surface area (TPSA) is 29.5 Å². The molecule has 2 aromatic rings. The SMILES string of the molecule is CCN(Cc1cccs1)C(=O)Oc1ccccc1. The lowest BCUT2D eigenvalue weighted by molar-refractivity contribution is 0.152. The fraction of sp³-hybridized carbons (Fsp3) is 0.214. The van der Waals surface area contributed by atoms with Crippen LogP contribution >= 0.6 is 11.3 Å². The highest BCUT2D eigenvalue weighted by Crippen LogP contribution is 2.14. The summed E-state index contributed by atoms with van der Waals surface area (Å²) in [4.78, 5) is 14.8. The van der Waals surface area contributed by atoms with E-state index in [1.165, 1.54) is 0 Å². The van der Waals surface area contributed by atoms with Crippen LogP contribution < -0.4 is 4.74 Å². The molecule has 0 bridgehead atoms. The standard InChI is InChI=1S/C14H15NO2S/c1-2-15(11-13-9-6-10-18-13)14(16)17-12-7-4-3-5-8-12/h3-10H,2,11H2,1H3. The van der Waals surface area contributed by atoms with Crippen LogP contribution in [0.15, 0.2) is 47.8 Å². The zero-order valence-electron chi connectivity index (χ0n) is 10.2. The van der Waals surface area contributed by atoms with Crippen LogP contribution in [-0.4, -0.2) is 17.5 Å². The zero-order valence-corrected chi connectivity index (χ0v) is 11.0. The Morgan fingerprint density at radius 1 is 1.22 bits per heavy atom. The van der Waals surface area contributed by atoms with Crippen LogP contribution in [0.1, 0.15) is 11.8 Å². The summed E-state index contributed by atoms with van der Waals surface area (Å²) < 4.78 is 5.31. The van der Waals surface area contributed by atoms with Crippen LogP contribution in [0.5, 0.6) is 5.75 Å². The lowest BCUT2D eigenvalue weighted by atomic mass is 10.3. The van der Waals surface area contributed by atoms with Gasteiger partial charge in [0.1, 0.15) is 5.75 Å². The monoisotopic (exact) mass is 261 g/mol. The summed E-state index contributed by atoms with van der Waals surface area (Å²) in [6, 6.07) is 13.1. The maximum absolute atomic E-state index is 12.0. The molecule has 0 fully saturated rings. The van der Waals surface area contributed by atoms with Crippen molar-refractivity contribution in [3.8, 4) is 5.75 Å². The van der Waals surface area contributed by atoms with Crippen molar-refractivity contribution in [2.45, 2.75) is 13.5 Å². The Morgan fingerprint density at radius 2 is 2.00 bits per heavy atom. The van der Waals surface area contributed by atoms with E-state index in [4.69, 9.17) is 4.74 Å². The predicted molar refractivity (Wildman–Crippen MR) is 72.9 cm³/mol. The number of ether oxygens (including phenoxy) is 1. The lowest BCUT2D eigenvalue weighted by Gasteiger charge is -2.19. The van der Waals surface area contributed by atoms with Crippen LogP contribution in [0.2, 0.25) is 0 Å². The van der Waals surface area contributed by atoms with Crippen LogP contribution in [0.3, 0.4) is 0 Å². The number of hydrogen-bond acceptors (Lipinski definition) is 3. The molecule has 1 aromatic heterocycles. The third kappa shape index (κ3) is 3.34. The Bertz CT molecular complexity index is 482. The van der Waals surface area contributed by atoms with E-state index in [2.05, 4.69) is 0 Å². The molecule has 3 nitrogen and oxygen atoms in total. The van der Waals surface area contributed by atoms with Gasteiger partial charge in [0.15, 0.2) is 0 Å². The van der Waals surface area contributed by atoms with Crippen molar-refractivity contribution in [3.63, 3.8) is 0 Å². The fourth-order valence-corrected chi connectivity index (χ4v) is 2.27. The second-order valence-electron chi connectivity index (χ2n) is 3.77. The van der Waals surface area contributed by atoms with E-state index in [0.717, 1.165) is 4.88 Å². The second-order valence-corrected chi connectivity index (χ2v) is 4.81. The molecule has 1 amide bonds. The molecule has 0 aliphatic carbocycles. The highest BCUT2D eigenvalue weighted by atomic mass is 32.1. The van der Waals surface area contributed by atoms with Crippen molar-refractivity contribution in [1.82, 2.24) is 4.90 Å². The van der Waals surface area contributed by atoms with Crippen molar-refractivity contribution < 1.29 is 9.53 Å². The number of para-hydroxylation sites is 1. The first-order valence-corrected chi connectivity index (χ1v) is 6.71. The van der Waals surface area contributed by atoms with Crippen LogP contribution in [0.4, 0.5) is 4.79 Å². The number of thiophene rings is 1. The Labute approximate surface area is 111 Å². The highest BCUT2D eigenvalue weighted by Gasteiger charge is 2.14. The minimum Gasteiger partial charge on any atom is -0.410 e. The van der Waals surface area contributed by atoms with Crippen molar-refractivity contribution in [1.29, 1.82) is 0 Å². The molecular formula is C14H15NO2S. The minimum atomic E-state index is -0.308. The normalized spacial score (nSPS) is 10.1. The summed E-state index contributed by atoms with van der Waals surface area (Å²) >= 11 is 1.64. The Hall–Kier alpha value is -1.81. The highest BCUT2D eigenvalue weighted by molar-refractivity contribution is 7.09. The molecule has 0 aliphatic heterocycles. The largest absolute Gasteiger partial charge is 0.415 e. The summed E-state index contributed by atoms with van der Waals surface area (Å²) in [5.74, 6) is 0.576. The molecule has 0 unspecified atom stereocenters. The zero-order chi connectivity index (χ0) is 12.8. The molecule has 1 heterocycles. The molecule has 0 aliphatic rings. The number of rotatable bonds is 4. The maximum atomic E-state index is 12.0. The van der Waals surface area contributed by atoms with Gasteiger partial charge >= 0.3 is 6.09 Å². The summed E-state index contributed by atoms with van der Waals surface area (Å²) in [5.41, 5.74) is 0. The van der Waals surface area contributed by atoms with Gasteiger partial charge in [-0.05, 0) is 30.5 Å². The first kappa shape index (κ1) is 12.6. The van der Waals surface area contributed by atoms with Gasteiger partial charge in [-0.3, -0.25) is 0 Å². The van der Waals surface area contributed by atoms with E-state index in [9.17, 15) is 4.79 Å². The first-order valence-electron chi connectivity index (χ1n) is 5.83. The van der Waals surface area contributed by atoms with E-state index < -0.39 is 0 Å². The third-order valence-corrected chi connectivity index (χ3v) is 3.38. The molecule has 18 heavy (non-hydrogen) atoms. The third-order valence-electron chi connectivity index (χ3n) is 2.52. The van der Waals surface area contributed by atoms with Gasteiger partial charge in [-0.25, -0.2) is 4.79 Å². The van der Waals surface area contributed by atoms with Crippen molar-refractivity contribution in [3.05, 3.63) is 52.7 Å². The number of nitrogens with zero attached hydrogens (tertiary/aromatic N) is 1. The van der Waals surface area contributed by atoms with Crippen LogP contribution in [0, 0.1) is 0 Å². The van der Waals surface area contributed by atoms with Gasteiger partial charge < -0.3 is 9.64 Å². The van der Waals surface area contributed by atoms with Gasteiger partial charge in [0.05, 0.1) is 6.54 Å². The van der Waals surface area contributed by atoms with Gasteiger partial charge in [-0.15, -0.1) is 11.3 Å². The maximum Gasteiger partial charge on any atom is 0.415 e. The Kier molecular flexibility index (Phi) is 4.36. The molecule has 0 saturated heterocycles. The quantitative estimate of drug-likeness (QED) is 0.838. The van der Waals surface area contributed by atoms with E-state index in [1.807, 2.05) is 42.6 Å². The van der Waals surface area contributed by atoms with E-state index in [0.29, 0.717) is 18.8 Å². The van der Waals surface area contributed by atoms with Crippen LogP contribution in [-0.2, 0) is 6.54 Å². The Balaban J connectivity index is 1.98. The molecule has 4 heteroatoms. The fourth-order valence-electron chi connectivity index (χ4n) is 1.55. The van der Waals surface area contributed by atoms with E-state index in [-0.39, 0.29) is 6.09 Å². The molecule has 0 atom stereocenters. The number of amides is 1. The number of carbonyl (C=O) groups is 1. The van der Waals surface area contributed by atoms with Crippen molar-refractivity contribution >= 4 is 17.4 Å². The Morgan fingerprint density at radius 3 is 2.61 bits per heavy atom. The molecule has 0 radical (unpaired) electrons. The first-order chi connectivity index (χ1) is 8.79. The summed E-state index contributed by atoms with van der Waals surface area (Å²) in [6.45, 7) is 3.17. The van der Waals surface area contributed by atoms with Crippen molar-refractivity contribution in [2.24, 2.45) is 0 Å². The summed E-state index contributed by atoms with van der Waals surface area (Å²) in [7, 11) is 0. The lowest BCUT2D eigenvalue weighted by Crippen LogP contribution is -2.32. The smallest absolute Gasteiger partial charge is 0.410 e. The molecule has 1 aromatic carbocycles.